The molecule has 1 heterocycles. The van der Waals surface area contributed by atoms with Gasteiger partial charge in [0.05, 0.1) is 5.92 Å². The molecule has 7 heteroatoms. The van der Waals surface area contributed by atoms with Gasteiger partial charge in [-0.3, -0.25) is 9.59 Å². The number of carbonyl (C=O) groups excluding carboxylic acids is 2. The molecule has 1 aliphatic heterocycles. The van der Waals surface area contributed by atoms with Crippen LogP contribution in [0.3, 0.4) is 0 Å². The first kappa shape index (κ1) is 22.4. The van der Waals surface area contributed by atoms with E-state index in [9.17, 15) is 14.4 Å². The van der Waals surface area contributed by atoms with Crippen LogP contribution in [0.4, 0.5) is 4.79 Å². The number of hydrogen-bond donors (Lipinski definition) is 2. The number of benzene rings is 2. The van der Waals surface area contributed by atoms with Crippen molar-refractivity contribution in [3.05, 3.63) is 59.7 Å². The Morgan fingerprint density at radius 3 is 2.12 bits per heavy atom. The summed E-state index contributed by atoms with van der Waals surface area (Å²) in [5.41, 5.74) is 4.05. The number of carboxylic acid groups (broad SMARTS) is 1. The average molecular weight is 463 g/mol. The molecule has 34 heavy (non-hydrogen) atoms. The Morgan fingerprint density at radius 1 is 1.00 bits per heavy atom. The molecular weight excluding hydrogens is 432 g/mol. The predicted molar refractivity (Wildman–Crippen MR) is 126 cm³/mol. The maximum Gasteiger partial charge on any atom is 0.407 e. The maximum absolute atomic E-state index is 13.0. The SMILES string of the molecule is CC(C)(CCNC(=O)OCC1c2ccccc2-c2ccccc21)C(=O)N1CC2C(C1)C2C(=O)O. The minimum Gasteiger partial charge on any atom is -0.481 e. The number of fused-ring (bicyclic) bond motifs is 4. The van der Waals surface area contributed by atoms with E-state index in [-0.39, 0.29) is 36.2 Å². The van der Waals surface area contributed by atoms with Gasteiger partial charge in [-0.2, -0.15) is 0 Å². The normalized spacial score (nSPS) is 22.5. The minimum absolute atomic E-state index is 0.00685. The Morgan fingerprint density at radius 2 is 1.56 bits per heavy atom. The predicted octanol–water partition coefficient (Wildman–Crippen LogP) is 3.73. The maximum atomic E-state index is 13.0. The molecule has 2 atom stereocenters. The van der Waals surface area contributed by atoms with E-state index in [0.717, 1.165) is 11.1 Å². The summed E-state index contributed by atoms with van der Waals surface area (Å²) < 4.78 is 5.57. The molecule has 5 rings (SSSR count). The van der Waals surface area contributed by atoms with Crippen LogP contribution in [0, 0.1) is 23.2 Å². The third kappa shape index (κ3) is 3.93. The molecule has 2 N–H and O–H groups in total. The van der Waals surface area contributed by atoms with Crippen LogP contribution >= 0.6 is 0 Å². The minimum atomic E-state index is -0.756. The summed E-state index contributed by atoms with van der Waals surface area (Å²) in [4.78, 5) is 38.3. The Kier molecular flexibility index (Phi) is 5.58. The van der Waals surface area contributed by atoms with Gasteiger partial charge < -0.3 is 20.1 Å². The second-order valence-electron chi connectivity index (χ2n) is 10.3. The molecule has 2 aliphatic carbocycles. The summed E-state index contributed by atoms with van der Waals surface area (Å²) >= 11 is 0. The highest BCUT2D eigenvalue weighted by Gasteiger charge is 2.61. The number of carbonyl (C=O) groups is 3. The second-order valence-corrected chi connectivity index (χ2v) is 10.3. The van der Waals surface area contributed by atoms with Crippen LogP contribution in [0.25, 0.3) is 11.1 Å². The molecule has 1 saturated carbocycles. The zero-order valence-corrected chi connectivity index (χ0v) is 19.5. The van der Waals surface area contributed by atoms with Gasteiger partial charge in [-0.15, -0.1) is 0 Å². The molecule has 0 spiro atoms. The van der Waals surface area contributed by atoms with Crippen LogP contribution in [-0.4, -0.2) is 54.2 Å². The van der Waals surface area contributed by atoms with Gasteiger partial charge in [0.25, 0.3) is 0 Å². The Labute approximate surface area is 199 Å². The topological polar surface area (TPSA) is 95.9 Å². The number of hydrogen-bond acceptors (Lipinski definition) is 4. The third-order valence-electron chi connectivity index (χ3n) is 7.71. The van der Waals surface area contributed by atoms with Crippen molar-refractivity contribution in [2.24, 2.45) is 23.2 Å². The highest BCUT2D eigenvalue weighted by atomic mass is 16.5. The van der Waals surface area contributed by atoms with Crippen molar-refractivity contribution >= 4 is 18.0 Å². The highest BCUT2D eigenvalue weighted by molar-refractivity contribution is 5.84. The molecule has 3 aliphatic rings. The monoisotopic (exact) mass is 462 g/mol. The largest absolute Gasteiger partial charge is 0.481 e. The van der Waals surface area contributed by atoms with Gasteiger partial charge in [-0.25, -0.2) is 4.79 Å². The van der Waals surface area contributed by atoms with Gasteiger partial charge in [0.2, 0.25) is 5.91 Å². The lowest BCUT2D eigenvalue weighted by molar-refractivity contribution is -0.143. The summed E-state index contributed by atoms with van der Waals surface area (Å²) in [5, 5.41) is 12.0. The second kappa shape index (κ2) is 8.46. The van der Waals surface area contributed by atoms with Crippen molar-refractivity contribution in [1.82, 2.24) is 10.2 Å². The van der Waals surface area contributed by atoms with E-state index >= 15 is 0 Å². The molecule has 178 valence electrons. The van der Waals surface area contributed by atoms with Gasteiger partial charge in [0.15, 0.2) is 0 Å². The lowest BCUT2D eigenvalue weighted by Crippen LogP contribution is -2.43. The molecule has 2 unspecified atom stereocenters. The molecular formula is C27H30N2O5. The first-order chi connectivity index (χ1) is 16.3. The van der Waals surface area contributed by atoms with Crippen LogP contribution in [0.5, 0.6) is 0 Å². The van der Waals surface area contributed by atoms with E-state index in [1.807, 2.05) is 38.1 Å². The van der Waals surface area contributed by atoms with E-state index in [1.54, 1.807) is 4.90 Å². The number of likely N-dealkylation sites (tertiary alicyclic amines) is 1. The van der Waals surface area contributed by atoms with Gasteiger partial charge in [0, 0.05) is 31.0 Å². The number of rotatable bonds is 7. The van der Waals surface area contributed by atoms with E-state index < -0.39 is 17.5 Å². The molecule has 2 aromatic carbocycles. The van der Waals surface area contributed by atoms with Crippen LogP contribution in [0.15, 0.2) is 48.5 Å². The number of nitrogens with one attached hydrogen (secondary N) is 1. The molecule has 2 amide bonds. The van der Waals surface area contributed by atoms with Gasteiger partial charge in [0.1, 0.15) is 6.61 Å². The molecule has 2 fully saturated rings. The number of amides is 2. The van der Waals surface area contributed by atoms with Crippen molar-refractivity contribution in [3.8, 4) is 11.1 Å². The first-order valence-electron chi connectivity index (χ1n) is 11.9. The summed E-state index contributed by atoms with van der Waals surface area (Å²) in [7, 11) is 0. The zero-order chi connectivity index (χ0) is 24.0. The average Bonchev–Trinajstić information content (AvgIpc) is 3.18. The molecule has 0 radical (unpaired) electrons. The Bertz CT molecular complexity index is 1090. The number of ether oxygens (including phenoxy) is 1. The fraction of sp³-hybridized carbons (Fsp3) is 0.444. The van der Waals surface area contributed by atoms with Crippen LogP contribution < -0.4 is 5.32 Å². The lowest BCUT2D eigenvalue weighted by atomic mass is 9.87. The van der Waals surface area contributed by atoms with Crippen molar-refractivity contribution < 1.29 is 24.2 Å². The van der Waals surface area contributed by atoms with E-state index in [0.29, 0.717) is 26.1 Å². The number of carboxylic acids is 1. The smallest absolute Gasteiger partial charge is 0.407 e. The fourth-order valence-electron chi connectivity index (χ4n) is 5.72. The summed E-state index contributed by atoms with van der Waals surface area (Å²) in [6.45, 7) is 5.35. The molecule has 0 bridgehead atoms. The van der Waals surface area contributed by atoms with Crippen molar-refractivity contribution in [1.29, 1.82) is 0 Å². The van der Waals surface area contributed by atoms with E-state index in [2.05, 4.69) is 29.6 Å². The molecule has 1 saturated heterocycles. The van der Waals surface area contributed by atoms with Gasteiger partial charge in [-0.1, -0.05) is 62.4 Å². The van der Waals surface area contributed by atoms with Crippen LogP contribution in [0.2, 0.25) is 0 Å². The summed E-state index contributed by atoms with van der Waals surface area (Å²) in [6.07, 6.45) is -0.0126. The Hall–Kier alpha value is -3.35. The van der Waals surface area contributed by atoms with Crippen LogP contribution in [0.1, 0.15) is 37.3 Å². The van der Waals surface area contributed by atoms with Crippen molar-refractivity contribution in [2.75, 3.05) is 26.2 Å². The quantitative estimate of drug-likeness (QED) is 0.654. The highest BCUT2D eigenvalue weighted by Crippen LogP contribution is 2.52. The van der Waals surface area contributed by atoms with E-state index in [1.165, 1.54) is 11.1 Å². The first-order valence-corrected chi connectivity index (χ1v) is 11.9. The molecule has 0 aromatic heterocycles. The number of nitrogens with zero attached hydrogens (tertiary/aromatic N) is 1. The van der Waals surface area contributed by atoms with Crippen molar-refractivity contribution in [2.45, 2.75) is 26.2 Å². The van der Waals surface area contributed by atoms with Gasteiger partial charge >= 0.3 is 12.1 Å². The molecule has 2 aromatic rings. The third-order valence-corrected chi connectivity index (χ3v) is 7.71. The standard InChI is InChI=1S/C27H30N2O5/c1-27(2,25(32)29-13-20-21(14-29)23(20)24(30)31)11-12-28-26(33)34-15-22-18-9-5-3-7-16(18)17-8-4-6-10-19(17)22/h3-10,20-23H,11-15H2,1-2H3,(H,28,33)(H,30,31). The number of piperidine rings is 1. The zero-order valence-electron chi connectivity index (χ0n) is 19.5. The van der Waals surface area contributed by atoms with Crippen molar-refractivity contribution in [3.63, 3.8) is 0 Å². The summed E-state index contributed by atoms with van der Waals surface area (Å²) in [5.74, 6) is -0.839. The fourth-order valence-corrected chi connectivity index (χ4v) is 5.72. The number of aliphatic carboxylic acids is 1. The molecule has 7 nitrogen and oxygen atoms in total. The van der Waals surface area contributed by atoms with E-state index in [4.69, 9.17) is 9.84 Å². The number of alkyl carbamates (subject to hydrolysis) is 1. The van der Waals surface area contributed by atoms with Gasteiger partial charge in [-0.05, 0) is 40.5 Å². The Balaban J connectivity index is 1.10. The van der Waals surface area contributed by atoms with Crippen LogP contribution in [-0.2, 0) is 14.3 Å². The summed E-state index contributed by atoms with van der Waals surface area (Å²) in [6, 6.07) is 16.4. The lowest BCUT2D eigenvalue weighted by Gasteiger charge is -2.30.